The molecular weight excluding hydrogens is 339 g/mol. The van der Waals surface area contributed by atoms with Crippen molar-refractivity contribution < 1.29 is 14.1 Å². The summed E-state index contributed by atoms with van der Waals surface area (Å²) in [6.07, 6.45) is 2.13. The van der Waals surface area contributed by atoms with Gasteiger partial charge in [0.2, 0.25) is 0 Å². The molecule has 0 saturated carbocycles. The SMILES string of the molecule is Cc1c(CN2CCN(C(=O)N3CCCC3)C(C)C2)cc(F)cc1[N+](=O)[O-]. The van der Waals surface area contributed by atoms with E-state index in [0.717, 1.165) is 32.0 Å². The lowest BCUT2D eigenvalue weighted by Gasteiger charge is -2.41. The number of urea groups is 1. The van der Waals surface area contributed by atoms with Crippen LogP contribution in [0.1, 0.15) is 30.9 Å². The summed E-state index contributed by atoms with van der Waals surface area (Å²) in [4.78, 5) is 29.1. The van der Waals surface area contributed by atoms with E-state index in [9.17, 15) is 19.3 Å². The molecule has 7 nitrogen and oxygen atoms in total. The second kappa shape index (κ2) is 7.57. The average Bonchev–Trinajstić information content (AvgIpc) is 3.11. The molecule has 1 atom stereocenters. The minimum atomic E-state index is -0.590. The summed E-state index contributed by atoms with van der Waals surface area (Å²) in [5, 5.41) is 11.1. The highest BCUT2D eigenvalue weighted by Crippen LogP contribution is 2.25. The lowest BCUT2D eigenvalue weighted by Crippen LogP contribution is -2.56. The Bertz CT molecular complexity index is 706. The lowest BCUT2D eigenvalue weighted by molar-refractivity contribution is -0.385. The number of piperazine rings is 1. The van der Waals surface area contributed by atoms with Gasteiger partial charge in [-0.05, 0) is 38.3 Å². The highest BCUT2D eigenvalue weighted by Gasteiger charge is 2.31. The van der Waals surface area contributed by atoms with Crippen LogP contribution in [0.15, 0.2) is 12.1 Å². The minimum absolute atomic E-state index is 0.0562. The van der Waals surface area contributed by atoms with Gasteiger partial charge < -0.3 is 9.80 Å². The third-order valence-corrected chi connectivity index (χ3v) is 5.38. The molecule has 0 bridgehead atoms. The van der Waals surface area contributed by atoms with Crippen molar-refractivity contribution in [3.63, 3.8) is 0 Å². The molecule has 2 saturated heterocycles. The van der Waals surface area contributed by atoms with Gasteiger partial charge in [0.25, 0.3) is 5.69 Å². The van der Waals surface area contributed by atoms with Gasteiger partial charge in [0.1, 0.15) is 5.82 Å². The molecular formula is C18H25FN4O3. The smallest absolute Gasteiger partial charge is 0.320 e. The van der Waals surface area contributed by atoms with Gasteiger partial charge in [-0.2, -0.15) is 0 Å². The maximum atomic E-state index is 13.8. The molecule has 0 radical (unpaired) electrons. The molecule has 2 fully saturated rings. The number of hydrogen-bond acceptors (Lipinski definition) is 4. The molecule has 1 aromatic carbocycles. The summed E-state index contributed by atoms with van der Waals surface area (Å²) in [5.74, 6) is -0.590. The second-order valence-electron chi connectivity index (χ2n) is 7.22. The Morgan fingerprint density at radius 2 is 1.96 bits per heavy atom. The molecule has 0 spiro atoms. The summed E-state index contributed by atoms with van der Waals surface area (Å²) in [6, 6.07) is 2.50. The number of carbonyl (C=O) groups excluding carboxylic acids is 1. The number of nitrogens with zero attached hydrogens (tertiary/aromatic N) is 4. The summed E-state index contributed by atoms with van der Waals surface area (Å²) < 4.78 is 13.8. The molecule has 8 heteroatoms. The van der Waals surface area contributed by atoms with Crippen molar-refractivity contribution >= 4 is 11.7 Å². The van der Waals surface area contributed by atoms with Crippen LogP contribution < -0.4 is 0 Å². The summed E-state index contributed by atoms with van der Waals surface area (Å²) in [6.45, 7) is 7.74. The highest BCUT2D eigenvalue weighted by atomic mass is 19.1. The normalized spacial score (nSPS) is 21.3. The molecule has 26 heavy (non-hydrogen) atoms. The van der Waals surface area contributed by atoms with Gasteiger partial charge in [0, 0.05) is 50.9 Å². The molecule has 0 aliphatic carbocycles. The Morgan fingerprint density at radius 3 is 2.58 bits per heavy atom. The third kappa shape index (κ3) is 3.80. The number of hydrogen-bond donors (Lipinski definition) is 0. The van der Waals surface area contributed by atoms with Gasteiger partial charge in [-0.15, -0.1) is 0 Å². The lowest BCUT2D eigenvalue weighted by atomic mass is 10.0. The fourth-order valence-corrected chi connectivity index (χ4v) is 3.87. The van der Waals surface area contributed by atoms with Gasteiger partial charge in [-0.3, -0.25) is 15.0 Å². The first-order valence-corrected chi connectivity index (χ1v) is 9.08. The van der Waals surface area contributed by atoms with E-state index in [1.54, 1.807) is 6.92 Å². The van der Waals surface area contributed by atoms with Crippen molar-refractivity contribution in [3.05, 3.63) is 39.2 Å². The number of halogens is 1. The third-order valence-electron chi connectivity index (χ3n) is 5.38. The van der Waals surface area contributed by atoms with E-state index in [1.165, 1.54) is 6.07 Å². The Balaban J connectivity index is 1.66. The Labute approximate surface area is 152 Å². The van der Waals surface area contributed by atoms with Crippen LogP contribution in [0.2, 0.25) is 0 Å². The zero-order chi connectivity index (χ0) is 18.8. The van der Waals surface area contributed by atoms with Crippen LogP contribution in [0.3, 0.4) is 0 Å². The van der Waals surface area contributed by atoms with Crippen LogP contribution in [0.4, 0.5) is 14.9 Å². The molecule has 2 aliphatic rings. The first-order valence-electron chi connectivity index (χ1n) is 9.08. The van der Waals surface area contributed by atoms with Gasteiger partial charge in [0.05, 0.1) is 11.0 Å². The molecule has 2 amide bonds. The summed E-state index contributed by atoms with van der Waals surface area (Å²) in [7, 11) is 0. The Hall–Kier alpha value is -2.22. The topological polar surface area (TPSA) is 69.9 Å². The quantitative estimate of drug-likeness (QED) is 0.611. The monoisotopic (exact) mass is 364 g/mol. The van der Waals surface area contributed by atoms with Crippen LogP contribution in [0.25, 0.3) is 0 Å². The van der Waals surface area contributed by atoms with Crippen molar-refractivity contribution in [2.24, 2.45) is 0 Å². The van der Waals surface area contributed by atoms with Crippen molar-refractivity contribution in [1.82, 2.24) is 14.7 Å². The van der Waals surface area contributed by atoms with E-state index < -0.39 is 10.7 Å². The number of carbonyl (C=O) groups is 1. The van der Waals surface area contributed by atoms with E-state index in [-0.39, 0.29) is 17.8 Å². The fourth-order valence-electron chi connectivity index (χ4n) is 3.87. The van der Waals surface area contributed by atoms with Crippen LogP contribution in [0, 0.1) is 22.9 Å². The first-order chi connectivity index (χ1) is 12.4. The average molecular weight is 364 g/mol. The zero-order valence-corrected chi connectivity index (χ0v) is 15.3. The number of nitro groups is 1. The van der Waals surface area contributed by atoms with Crippen LogP contribution in [-0.4, -0.2) is 64.4 Å². The van der Waals surface area contributed by atoms with E-state index >= 15 is 0 Å². The predicted molar refractivity (Wildman–Crippen MR) is 95.4 cm³/mol. The molecule has 1 unspecified atom stereocenters. The minimum Gasteiger partial charge on any atom is -0.325 e. The number of benzene rings is 1. The maximum Gasteiger partial charge on any atom is 0.320 e. The Kier molecular flexibility index (Phi) is 5.41. The van der Waals surface area contributed by atoms with Crippen LogP contribution in [-0.2, 0) is 6.54 Å². The number of likely N-dealkylation sites (tertiary alicyclic amines) is 1. The largest absolute Gasteiger partial charge is 0.325 e. The molecule has 3 rings (SSSR count). The molecule has 142 valence electrons. The summed E-state index contributed by atoms with van der Waals surface area (Å²) >= 11 is 0. The first kappa shape index (κ1) is 18.6. The van der Waals surface area contributed by atoms with Crippen molar-refractivity contribution in [1.29, 1.82) is 0 Å². The van der Waals surface area contributed by atoms with Crippen molar-refractivity contribution in [2.75, 3.05) is 32.7 Å². The van der Waals surface area contributed by atoms with Gasteiger partial charge >= 0.3 is 6.03 Å². The zero-order valence-electron chi connectivity index (χ0n) is 15.3. The van der Waals surface area contributed by atoms with E-state index in [1.807, 2.05) is 16.7 Å². The fraction of sp³-hybridized carbons (Fsp3) is 0.611. The number of amides is 2. The van der Waals surface area contributed by atoms with E-state index in [4.69, 9.17) is 0 Å². The second-order valence-corrected chi connectivity index (χ2v) is 7.22. The summed E-state index contributed by atoms with van der Waals surface area (Å²) in [5.41, 5.74) is 0.943. The van der Waals surface area contributed by atoms with E-state index in [2.05, 4.69) is 4.90 Å². The van der Waals surface area contributed by atoms with Gasteiger partial charge in [0.15, 0.2) is 0 Å². The Morgan fingerprint density at radius 1 is 1.27 bits per heavy atom. The maximum absolute atomic E-state index is 13.8. The number of nitro benzene ring substituents is 1. The van der Waals surface area contributed by atoms with Gasteiger partial charge in [-0.1, -0.05) is 0 Å². The standard InChI is InChI=1S/C18H25FN4O3/c1-13-11-20(7-8-22(13)18(24)21-5-3-4-6-21)12-15-9-16(19)10-17(14(15)2)23(25)26/h9-10,13H,3-8,11-12H2,1-2H3. The van der Waals surface area contributed by atoms with Crippen molar-refractivity contribution in [2.45, 2.75) is 39.3 Å². The van der Waals surface area contributed by atoms with Crippen molar-refractivity contribution in [3.8, 4) is 0 Å². The number of rotatable bonds is 3. The van der Waals surface area contributed by atoms with Crippen LogP contribution >= 0.6 is 0 Å². The molecule has 0 N–H and O–H groups in total. The van der Waals surface area contributed by atoms with Gasteiger partial charge in [-0.25, -0.2) is 9.18 Å². The molecule has 2 aliphatic heterocycles. The predicted octanol–water partition coefficient (Wildman–Crippen LogP) is 2.76. The molecule has 2 heterocycles. The van der Waals surface area contributed by atoms with Crippen LogP contribution in [0.5, 0.6) is 0 Å². The molecule has 1 aromatic rings. The van der Waals surface area contributed by atoms with E-state index in [0.29, 0.717) is 37.3 Å². The molecule has 0 aromatic heterocycles. The highest BCUT2D eigenvalue weighted by molar-refractivity contribution is 5.75.